The Hall–Kier alpha value is -3.61. The van der Waals surface area contributed by atoms with E-state index in [1.165, 1.54) is 5.56 Å². The van der Waals surface area contributed by atoms with Gasteiger partial charge < -0.3 is 14.5 Å². The maximum atomic E-state index is 5.54. The summed E-state index contributed by atoms with van der Waals surface area (Å²) in [6.07, 6.45) is 4.49. The number of methoxy groups -OCH3 is 1. The minimum absolute atomic E-state index is 0.845. The molecular weight excluding hydrogens is 388 g/mol. The largest absolute Gasteiger partial charge is 0.495 e. The number of aryl methyl sites for hydroxylation is 1. The average Bonchev–Trinajstić information content (AvgIpc) is 3.28. The standard InChI is InChI=1S/C24H26N6O/c1-3-18-8-4-5-9-20(18)30-24-19(16-27-30)23(25-17-26-24)29-14-12-28(13-15-29)21-10-6-7-11-22(21)31-2/h4-11,16-17H,3,12-15H2,1-2H3. The average molecular weight is 415 g/mol. The zero-order valence-electron chi connectivity index (χ0n) is 17.9. The topological polar surface area (TPSA) is 59.3 Å². The van der Waals surface area contributed by atoms with Crippen molar-refractivity contribution in [3.05, 3.63) is 66.6 Å². The van der Waals surface area contributed by atoms with Gasteiger partial charge in [0.05, 0.1) is 30.1 Å². The van der Waals surface area contributed by atoms with E-state index in [2.05, 4.69) is 62.1 Å². The van der Waals surface area contributed by atoms with E-state index in [0.717, 1.165) is 66.6 Å². The van der Waals surface area contributed by atoms with E-state index < -0.39 is 0 Å². The molecule has 0 N–H and O–H groups in total. The summed E-state index contributed by atoms with van der Waals surface area (Å²) >= 11 is 0. The molecule has 1 aliphatic rings. The van der Waals surface area contributed by atoms with E-state index in [1.54, 1.807) is 13.4 Å². The lowest BCUT2D eigenvalue weighted by molar-refractivity contribution is 0.413. The second-order valence-electron chi connectivity index (χ2n) is 7.62. The molecule has 3 heterocycles. The molecule has 0 spiro atoms. The van der Waals surface area contributed by atoms with Crippen molar-refractivity contribution in [2.45, 2.75) is 13.3 Å². The number of anilines is 2. The maximum absolute atomic E-state index is 5.54. The van der Waals surface area contributed by atoms with Crippen LogP contribution in [0, 0.1) is 0 Å². The van der Waals surface area contributed by atoms with Gasteiger partial charge in [-0.05, 0) is 30.2 Å². The van der Waals surface area contributed by atoms with E-state index in [9.17, 15) is 0 Å². The second kappa shape index (κ2) is 8.26. The fraction of sp³-hybridized carbons (Fsp3) is 0.292. The molecule has 4 aromatic rings. The van der Waals surface area contributed by atoms with Crippen molar-refractivity contribution >= 4 is 22.5 Å². The quantitative estimate of drug-likeness (QED) is 0.496. The van der Waals surface area contributed by atoms with Gasteiger partial charge in [-0.2, -0.15) is 5.10 Å². The first-order chi connectivity index (χ1) is 15.3. The van der Waals surface area contributed by atoms with Crippen LogP contribution in [0.5, 0.6) is 5.75 Å². The highest BCUT2D eigenvalue weighted by molar-refractivity contribution is 5.88. The molecule has 1 aliphatic heterocycles. The fourth-order valence-corrected chi connectivity index (χ4v) is 4.33. The predicted octanol–water partition coefficient (Wildman–Crippen LogP) is 3.71. The van der Waals surface area contributed by atoms with Crippen LogP contribution in [0.3, 0.4) is 0 Å². The summed E-state index contributed by atoms with van der Waals surface area (Å²) in [6.45, 7) is 5.71. The molecule has 1 saturated heterocycles. The van der Waals surface area contributed by atoms with E-state index >= 15 is 0 Å². The Balaban J connectivity index is 1.43. The molecule has 0 saturated carbocycles. The minimum atomic E-state index is 0.845. The van der Waals surface area contributed by atoms with Crippen LogP contribution in [0.1, 0.15) is 12.5 Å². The number of ether oxygens (including phenoxy) is 1. The third-order valence-corrected chi connectivity index (χ3v) is 5.95. The van der Waals surface area contributed by atoms with Crippen LogP contribution < -0.4 is 14.5 Å². The summed E-state index contributed by atoms with van der Waals surface area (Å²) < 4.78 is 7.48. The molecule has 7 nitrogen and oxygen atoms in total. The molecule has 7 heteroatoms. The zero-order valence-corrected chi connectivity index (χ0v) is 17.9. The van der Waals surface area contributed by atoms with Crippen LogP contribution in [0.15, 0.2) is 61.1 Å². The molecule has 5 rings (SSSR count). The van der Waals surface area contributed by atoms with Crippen molar-refractivity contribution in [2.75, 3.05) is 43.1 Å². The van der Waals surface area contributed by atoms with Crippen molar-refractivity contribution in [1.82, 2.24) is 19.7 Å². The number of rotatable bonds is 5. The smallest absolute Gasteiger partial charge is 0.168 e. The van der Waals surface area contributed by atoms with Gasteiger partial charge in [0.1, 0.15) is 17.9 Å². The van der Waals surface area contributed by atoms with Crippen LogP contribution in [0.2, 0.25) is 0 Å². The summed E-state index contributed by atoms with van der Waals surface area (Å²) in [6, 6.07) is 16.5. The van der Waals surface area contributed by atoms with Gasteiger partial charge in [0.2, 0.25) is 0 Å². The summed E-state index contributed by atoms with van der Waals surface area (Å²) in [5.41, 5.74) is 4.31. The van der Waals surface area contributed by atoms with Crippen molar-refractivity contribution in [2.24, 2.45) is 0 Å². The number of benzene rings is 2. The Labute approximate surface area is 181 Å². The summed E-state index contributed by atoms with van der Waals surface area (Å²) in [5, 5.41) is 5.66. The van der Waals surface area contributed by atoms with Crippen LogP contribution in [-0.4, -0.2) is 53.0 Å². The molecule has 0 unspecified atom stereocenters. The third-order valence-electron chi connectivity index (χ3n) is 5.95. The van der Waals surface area contributed by atoms with Crippen LogP contribution in [-0.2, 0) is 6.42 Å². The molecular formula is C24H26N6O. The van der Waals surface area contributed by atoms with E-state index in [4.69, 9.17) is 4.74 Å². The monoisotopic (exact) mass is 414 g/mol. The first kappa shape index (κ1) is 19.4. The lowest BCUT2D eigenvalue weighted by atomic mass is 10.1. The predicted molar refractivity (Wildman–Crippen MR) is 123 cm³/mol. The molecule has 1 fully saturated rings. The van der Waals surface area contributed by atoms with Crippen molar-refractivity contribution in [1.29, 1.82) is 0 Å². The van der Waals surface area contributed by atoms with Gasteiger partial charge in [0.25, 0.3) is 0 Å². The third kappa shape index (κ3) is 3.46. The van der Waals surface area contributed by atoms with Gasteiger partial charge >= 0.3 is 0 Å². The first-order valence-electron chi connectivity index (χ1n) is 10.7. The first-order valence-corrected chi connectivity index (χ1v) is 10.7. The van der Waals surface area contributed by atoms with Crippen molar-refractivity contribution < 1.29 is 4.74 Å². The van der Waals surface area contributed by atoms with Gasteiger partial charge in [-0.15, -0.1) is 0 Å². The summed E-state index contributed by atoms with van der Waals surface area (Å²) in [7, 11) is 1.72. The van der Waals surface area contributed by atoms with Crippen LogP contribution in [0.25, 0.3) is 16.7 Å². The number of nitrogens with zero attached hydrogens (tertiary/aromatic N) is 6. The lowest BCUT2D eigenvalue weighted by Crippen LogP contribution is -2.47. The van der Waals surface area contributed by atoms with Crippen LogP contribution in [0.4, 0.5) is 11.5 Å². The van der Waals surface area contributed by atoms with E-state index in [-0.39, 0.29) is 0 Å². The lowest BCUT2D eigenvalue weighted by Gasteiger charge is -2.37. The number of hydrogen-bond donors (Lipinski definition) is 0. The molecule has 0 amide bonds. The molecule has 2 aromatic heterocycles. The normalized spacial score (nSPS) is 14.3. The maximum Gasteiger partial charge on any atom is 0.168 e. The zero-order chi connectivity index (χ0) is 21.2. The summed E-state index contributed by atoms with van der Waals surface area (Å²) in [4.78, 5) is 13.9. The Morgan fingerprint density at radius 3 is 2.35 bits per heavy atom. The highest BCUT2D eigenvalue weighted by Crippen LogP contribution is 2.31. The fourth-order valence-electron chi connectivity index (χ4n) is 4.33. The van der Waals surface area contributed by atoms with Crippen molar-refractivity contribution in [3.8, 4) is 11.4 Å². The Bertz CT molecular complexity index is 1200. The molecule has 0 atom stereocenters. The van der Waals surface area contributed by atoms with E-state index in [0.29, 0.717) is 0 Å². The van der Waals surface area contributed by atoms with Gasteiger partial charge in [0.15, 0.2) is 5.65 Å². The van der Waals surface area contributed by atoms with Gasteiger partial charge in [-0.1, -0.05) is 37.3 Å². The molecule has 158 valence electrons. The Morgan fingerprint density at radius 2 is 1.58 bits per heavy atom. The molecule has 0 radical (unpaired) electrons. The number of hydrogen-bond acceptors (Lipinski definition) is 6. The number of para-hydroxylation sites is 3. The minimum Gasteiger partial charge on any atom is -0.495 e. The SMILES string of the molecule is CCc1ccccc1-n1ncc2c(N3CCN(c4ccccc4OC)CC3)ncnc21. The van der Waals surface area contributed by atoms with Crippen LogP contribution >= 0.6 is 0 Å². The second-order valence-corrected chi connectivity index (χ2v) is 7.62. The van der Waals surface area contributed by atoms with Gasteiger partial charge in [0, 0.05) is 26.2 Å². The number of aromatic nitrogens is 4. The highest BCUT2D eigenvalue weighted by atomic mass is 16.5. The number of piperazine rings is 1. The molecule has 0 bridgehead atoms. The highest BCUT2D eigenvalue weighted by Gasteiger charge is 2.23. The molecule has 0 aliphatic carbocycles. The Morgan fingerprint density at radius 1 is 0.871 bits per heavy atom. The molecule has 31 heavy (non-hydrogen) atoms. The van der Waals surface area contributed by atoms with E-state index in [1.807, 2.05) is 29.1 Å². The van der Waals surface area contributed by atoms with Gasteiger partial charge in [-0.3, -0.25) is 0 Å². The van der Waals surface area contributed by atoms with Crippen molar-refractivity contribution in [3.63, 3.8) is 0 Å². The molecule has 2 aromatic carbocycles. The number of fused-ring (bicyclic) bond motifs is 1. The Kier molecular flexibility index (Phi) is 5.16. The van der Waals surface area contributed by atoms with Gasteiger partial charge in [-0.25, -0.2) is 14.6 Å². The summed E-state index contributed by atoms with van der Waals surface area (Å²) in [5.74, 6) is 1.86.